The molecular formula is C10H13BrN2O2S. The number of nitrogens with one attached hydrogen (secondary N) is 1. The minimum Gasteiger partial charge on any atom is -0.443 e. The van der Waals surface area contributed by atoms with Crippen LogP contribution in [0, 0.1) is 0 Å². The van der Waals surface area contributed by atoms with Crippen LogP contribution in [0.3, 0.4) is 0 Å². The Labute approximate surface area is 107 Å². The van der Waals surface area contributed by atoms with Crippen LogP contribution in [0.5, 0.6) is 0 Å². The Bertz CT molecular complexity index is 396. The van der Waals surface area contributed by atoms with Gasteiger partial charge in [0.1, 0.15) is 5.60 Å². The molecule has 16 heavy (non-hydrogen) atoms. The molecule has 0 spiro atoms. The van der Waals surface area contributed by atoms with Gasteiger partial charge in [0.25, 0.3) is 0 Å². The lowest BCUT2D eigenvalue weighted by atomic mass is 10.2. The molecule has 0 saturated heterocycles. The summed E-state index contributed by atoms with van der Waals surface area (Å²) >= 11 is 4.86. The summed E-state index contributed by atoms with van der Waals surface area (Å²) in [6, 6.07) is 1.91. The fraction of sp³-hybridized carbons (Fsp3) is 0.400. The molecule has 0 saturated carbocycles. The van der Waals surface area contributed by atoms with Crippen LogP contribution >= 0.6 is 27.3 Å². The molecule has 1 heterocycles. The van der Waals surface area contributed by atoms with Crippen molar-refractivity contribution in [3.05, 3.63) is 20.8 Å². The number of carbonyl (C=O) groups excluding carboxylic acids is 1. The maximum absolute atomic E-state index is 11.2. The third kappa shape index (κ3) is 5.27. The molecule has 6 heteroatoms. The fourth-order valence-electron chi connectivity index (χ4n) is 0.845. The summed E-state index contributed by atoms with van der Waals surface area (Å²) in [5.41, 5.74) is 1.79. The Kier molecular flexibility index (Phi) is 4.49. The zero-order chi connectivity index (χ0) is 12.2. The predicted octanol–water partition coefficient (Wildman–Crippen LogP) is 3.37. The smallest absolute Gasteiger partial charge is 0.428 e. The van der Waals surface area contributed by atoms with Gasteiger partial charge in [-0.05, 0) is 42.8 Å². The largest absolute Gasteiger partial charge is 0.443 e. The third-order valence-corrected chi connectivity index (χ3v) is 2.96. The van der Waals surface area contributed by atoms with Gasteiger partial charge in [0, 0.05) is 14.7 Å². The van der Waals surface area contributed by atoms with E-state index < -0.39 is 11.7 Å². The molecule has 0 atom stereocenters. The molecule has 0 unspecified atom stereocenters. The van der Waals surface area contributed by atoms with E-state index in [0.717, 1.165) is 9.35 Å². The number of rotatable bonds is 2. The summed E-state index contributed by atoms with van der Waals surface area (Å²) < 4.78 is 6.01. The van der Waals surface area contributed by atoms with Gasteiger partial charge in [-0.15, -0.1) is 11.3 Å². The standard InChI is InChI=1S/C10H13BrN2O2S/c1-10(2,3)15-9(14)13-12-5-8-4-7(11)6-16-8/h4-6H,1-3H3,(H,13,14)/b12-5-. The predicted molar refractivity (Wildman–Crippen MR) is 69.0 cm³/mol. The van der Waals surface area contributed by atoms with Crippen LogP contribution in [0.4, 0.5) is 4.79 Å². The summed E-state index contributed by atoms with van der Waals surface area (Å²) in [6.07, 6.45) is 1.01. The second kappa shape index (κ2) is 5.45. The Morgan fingerprint density at radius 1 is 1.62 bits per heavy atom. The highest BCUT2D eigenvalue weighted by molar-refractivity contribution is 9.10. The second-order valence-electron chi connectivity index (χ2n) is 4.04. The summed E-state index contributed by atoms with van der Waals surface area (Å²) in [6.45, 7) is 5.39. The molecule has 0 aliphatic heterocycles. The number of ether oxygens (including phenoxy) is 1. The zero-order valence-electron chi connectivity index (χ0n) is 9.28. The van der Waals surface area contributed by atoms with Crippen LogP contribution in [0.2, 0.25) is 0 Å². The van der Waals surface area contributed by atoms with E-state index >= 15 is 0 Å². The first-order valence-electron chi connectivity index (χ1n) is 4.63. The average Bonchev–Trinajstić information content (AvgIpc) is 2.48. The summed E-state index contributed by atoms with van der Waals surface area (Å²) in [4.78, 5) is 12.1. The molecule has 0 radical (unpaired) electrons. The molecular weight excluding hydrogens is 292 g/mol. The van der Waals surface area contributed by atoms with E-state index in [9.17, 15) is 4.79 Å². The molecule has 0 aliphatic carbocycles. The molecule has 1 amide bonds. The first-order chi connectivity index (χ1) is 7.37. The number of hydrazone groups is 1. The van der Waals surface area contributed by atoms with E-state index in [1.54, 1.807) is 27.0 Å². The molecule has 0 fully saturated rings. The minimum absolute atomic E-state index is 0.508. The summed E-state index contributed by atoms with van der Waals surface area (Å²) in [7, 11) is 0. The van der Waals surface area contributed by atoms with Gasteiger partial charge >= 0.3 is 6.09 Å². The van der Waals surface area contributed by atoms with E-state index in [0.29, 0.717) is 0 Å². The van der Waals surface area contributed by atoms with Crippen LogP contribution in [0.15, 0.2) is 21.0 Å². The van der Waals surface area contributed by atoms with Crippen LogP contribution < -0.4 is 5.43 Å². The number of nitrogens with zero attached hydrogens (tertiary/aromatic N) is 1. The summed E-state index contributed by atoms with van der Waals surface area (Å²) in [5.74, 6) is 0. The van der Waals surface area contributed by atoms with Crippen molar-refractivity contribution in [3.8, 4) is 0 Å². The molecule has 1 N–H and O–H groups in total. The van der Waals surface area contributed by atoms with Gasteiger partial charge in [-0.2, -0.15) is 5.10 Å². The van der Waals surface area contributed by atoms with Crippen molar-refractivity contribution in [3.63, 3.8) is 0 Å². The van der Waals surface area contributed by atoms with Crippen molar-refractivity contribution in [2.75, 3.05) is 0 Å². The van der Waals surface area contributed by atoms with Crippen molar-refractivity contribution in [1.29, 1.82) is 0 Å². The molecule has 0 bridgehead atoms. The number of thiophene rings is 1. The molecule has 0 aromatic carbocycles. The molecule has 1 aromatic rings. The zero-order valence-corrected chi connectivity index (χ0v) is 11.7. The van der Waals surface area contributed by atoms with E-state index in [1.165, 1.54) is 11.3 Å². The molecule has 4 nitrogen and oxygen atoms in total. The van der Waals surface area contributed by atoms with Crippen LogP contribution in [0.1, 0.15) is 25.6 Å². The first kappa shape index (κ1) is 13.2. The van der Waals surface area contributed by atoms with E-state index in [-0.39, 0.29) is 0 Å². The van der Waals surface area contributed by atoms with Crippen molar-refractivity contribution >= 4 is 39.6 Å². The van der Waals surface area contributed by atoms with Gasteiger partial charge < -0.3 is 4.74 Å². The van der Waals surface area contributed by atoms with Gasteiger partial charge in [0.2, 0.25) is 0 Å². The number of carbonyl (C=O) groups is 1. The molecule has 0 aliphatic rings. The second-order valence-corrected chi connectivity index (χ2v) is 5.90. The maximum Gasteiger partial charge on any atom is 0.428 e. The van der Waals surface area contributed by atoms with E-state index in [2.05, 4.69) is 26.5 Å². The quantitative estimate of drug-likeness (QED) is 0.673. The van der Waals surface area contributed by atoms with Crippen molar-refractivity contribution in [1.82, 2.24) is 5.43 Å². The van der Waals surface area contributed by atoms with Gasteiger partial charge in [-0.3, -0.25) is 0 Å². The SMILES string of the molecule is CC(C)(C)OC(=O)N/N=C\c1cc(Br)cs1. The average molecular weight is 305 g/mol. The first-order valence-corrected chi connectivity index (χ1v) is 6.30. The van der Waals surface area contributed by atoms with E-state index in [1.807, 2.05) is 11.4 Å². The van der Waals surface area contributed by atoms with Crippen molar-refractivity contribution in [2.24, 2.45) is 5.10 Å². The molecule has 1 rings (SSSR count). The lowest BCUT2D eigenvalue weighted by Crippen LogP contribution is -2.29. The van der Waals surface area contributed by atoms with Gasteiger partial charge in [0.15, 0.2) is 0 Å². The Hall–Kier alpha value is -0.880. The van der Waals surface area contributed by atoms with Crippen molar-refractivity contribution < 1.29 is 9.53 Å². The van der Waals surface area contributed by atoms with Crippen molar-refractivity contribution in [2.45, 2.75) is 26.4 Å². The summed E-state index contributed by atoms with van der Waals surface area (Å²) in [5, 5.41) is 5.72. The van der Waals surface area contributed by atoms with Gasteiger partial charge in [-0.25, -0.2) is 10.2 Å². The third-order valence-electron chi connectivity index (χ3n) is 1.33. The van der Waals surface area contributed by atoms with Gasteiger partial charge in [-0.1, -0.05) is 0 Å². The lowest BCUT2D eigenvalue weighted by molar-refractivity contribution is 0.0529. The Morgan fingerprint density at radius 2 is 2.31 bits per heavy atom. The van der Waals surface area contributed by atoms with Crippen LogP contribution in [-0.2, 0) is 4.74 Å². The number of hydrogen-bond donors (Lipinski definition) is 1. The lowest BCUT2D eigenvalue weighted by Gasteiger charge is -2.18. The Morgan fingerprint density at radius 3 is 2.81 bits per heavy atom. The minimum atomic E-state index is -0.556. The van der Waals surface area contributed by atoms with Crippen LogP contribution in [0.25, 0.3) is 0 Å². The maximum atomic E-state index is 11.2. The Balaban J connectivity index is 2.40. The monoisotopic (exact) mass is 304 g/mol. The topological polar surface area (TPSA) is 50.7 Å². The number of halogens is 1. The normalized spacial score (nSPS) is 11.8. The van der Waals surface area contributed by atoms with E-state index in [4.69, 9.17) is 4.74 Å². The number of amides is 1. The highest BCUT2D eigenvalue weighted by atomic mass is 79.9. The van der Waals surface area contributed by atoms with Crippen LogP contribution in [-0.4, -0.2) is 17.9 Å². The number of hydrogen-bond acceptors (Lipinski definition) is 4. The molecule has 88 valence electrons. The fourth-order valence-corrected chi connectivity index (χ4v) is 2.15. The highest BCUT2D eigenvalue weighted by Crippen LogP contribution is 2.17. The highest BCUT2D eigenvalue weighted by Gasteiger charge is 2.15. The molecule has 1 aromatic heterocycles. The van der Waals surface area contributed by atoms with Gasteiger partial charge in [0.05, 0.1) is 6.21 Å².